The summed E-state index contributed by atoms with van der Waals surface area (Å²) in [4.78, 5) is 20.6. The number of benzene rings is 3. The molecule has 4 aromatic rings. The number of thiophene rings is 1. The fourth-order valence-corrected chi connectivity index (χ4v) is 5.27. The Balaban J connectivity index is 1.65. The van der Waals surface area contributed by atoms with E-state index in [1.54, 1.807) is 18.1 Å². The molecule has 158 valence electrons. The highest BCUT2D eigenvalue weighted by Crippen LogP contribution is 2.39. The van der Waals surface area contributed by atoms with E-state index in [-0.39, 0.29) is 5.91 Å². The Bertz CT molecular complexity index is 1390. The van der Waals surface area contributed by atoms with E-state index in [0.29, 0.717) is 16.6 Å². The molecule has 5 rings (SSSR count). The first-order valence-corrected chi connectivity index (χ1v) is 11.8. The van der Waals surface area contributed by atoms with Gasteiger partial charge in [0.15, 0.2) is 5.84 Å². The van der Waals surface area contributed by atoms with Crippen molar-refractivity contribution in [3.8, 4) is 5.75 Å². The lowest BCUT2D eigenvalue weighted by Gasteiger charge is -2.18. The molecule has 1 aliphatic heterocycles. The van der Waals surface area contributed by atoms with Crippen molar-refractivity contribution in [3.63, 3.8) is 0 Å². The van der Waals surface area contributed by atoms with Crippen LogP contribution in [-0.4, -0.2) is 18.9 Å². The Labute approximate surface area is 202 Å². The van der Waals surface area contributed by atoms with Gasteiger partial charge in [0.25, 0.3) is 5.91 Å². The highest BCUT2D eigenvalue weighted by atomic mass is 79.9. The number of aliphatic imine (C=N–C) groups is 1. The van der Waals surface area contributed by atoms with Gasteiger partial charge in [0, 0.05) is 14.6 Å². The van der Waals surface area contributed by atoms with Crippen LogP contribution in [0.15, 0.2) is 88.0 Å². The number of nitrogens with zero attached hydrogens (tertiary/aromatic N) is 2. The number of halogens is 2. The molecule has 0 aliphatic carbocycles. The van der Waals surface area contributed by atoms with Gasteiger partial charge < -0.3 is 4.74 Å². The number of hydrogen-bond acceptors (Lipinski definition) is 4. The van der Waals surface area contributed by atoms with E-state index in [9.17, 15) is 4.79 Å². The van der Waals surface area contributed by atoms with Crippen LogP contribution in [0.3, 0.4) is 0 Å². The minimum atomic E-state index is -0.202. The summed E-state index contributed by atoms with van der Waals surface area (Å²) in [6, 6.07) is 23.0. The molecule has 7 heteroatoms. The monoisotopic (exact) mass is 522 g/mol. The van der Waals surface area contributed by atoms with Crippen LogP contribution in [0.25, 0.3) is 16.2 Å². The van der Waals surface area contributed by atoms with Crippen LogP contribution in [0.2, 0.25) is 5.02 Å². The number of carbonyl (C=O) groups excluding carboxylic acids is 1. The van der Waals surface area contributed by atoms with Crippen LogP contribution in [0.5, 0.6) is 5.75 Å². The average Bonchev–Trinajstić information content (AvgIpc) is 3.32. The van der Waals surface area contributed by atoms with Gasteiger partial charge in [-0.2, -0.15) is 0 Å². The quantitative estimate of drug-likeness (QED) is 0.266. The maximum Gasteiger partial charge on any atom is 0.282 e. The van der Waals surface area contributed by atoms with Crippen molar-refractivity contribution in [2.45, 2.75) is 0 Å². The van der Waals surface area contributed by atoms with Crippen molar-refractivity contribution >= 4 is 72.5 Å². The Morgan fingerprint density at radius 1 is 1.03 bits per heavy atom. The van der Waals surface area contributed by atoms with Gasteiger partial charge in [0.2, 0.25) is 0 Å². The molecule has 2 heterocycles. The van der Waals surface area contributed by atoms with Gasteiger partial charge >= 0.3 is 0 Å². The summed E-state index contributed by atoms with van der Waals surface area (Å²) in [7, 11) is 1.62. The maximum atomic E-state index is 13.5. The Hall–Kier alpha value is -2.93. The van der Waals surface area contributed by atoms with Gasteiger partial charge in [-0.05, 0) is 54.1 Å². The molecule has 0 N–H and O–H groups in total. The topological polar surface area (TPSA) is 41.9 Å². The lowest BCUT2D eigenvalue weighted by Crippen LogP contribution is -2.32. The Morgan fingerprint density at radius 2 is 1.75 bits per heavy atom. The van der Waals surface area contributed by atoms with E-state index in [4.69, 9.17) is 21.3 Å². The van der Waals surface area contributed by atoms with Crippen molar-refractivity contribution in [2.24, 2.45) is 4.99 Å². The fourth-order valence-electron chi connectivity index (χ4n) is 3.51. The van der Waals surface area contributed by atoms with E-state index in [1.165, 1.54) is 11.3 Å². The molecular formula is C25H16BrClN2O2S. The zero-order valence-corrected chi connectivity index (χ0v) is 20.0. The van der Waals surface area contributed by atoms with Crippen molar-refractivity contribution < 1.29 is 9.53 Å². The van der Waals surface area contributed by atoms with Crippen molar-refractivity contribution in [2.75, 3.05) is 12.0 Å². The molecule has 0 bridgehead atoms. The van der Waals surface area contributed by atoms with E-state index in [0.717, 1.165) is 36.4 Å². The molecule has 4 nitrogen and oxygen atoms in total. The van der Waals surface area contributed by atoms with Crippen LogP contribution < -0.4 is 9.64 Å². The molecule has 3 aromatic carbocycles. The van der Waals surface area contributed by atoms with E-state index < -0.39 is 0 Å². The van der Waals surface area contributed by atoms with Crippen molar-refractivity contribution in [1.29, 1.82) is 0 Å². The summed E-state index contributed by atoms with van der Waals surface area (Å²) >= 11 is 11.7. The van der Waals surface area contributed by atoms with Gasteiger partial charge in [-0.3, -0.25) is 9.69 Å². The molecule has 1 aromatic heterocycles. The standard InChI is InChI=1S/C25H16BrClN2O2S/c1-31-18-12-6-15(7-13-18)14-20-25(30)29(17-10-8-16(26)9-11-17)24(28-20)23-22(27)19-4-2-3-5-21(19)32-23/h2-14H,1H3/b20-14+. The summed E-state index contributed by atoms with van der Waals surface area (Å²) in [5.74, 6) is 1.08. The number of anilines is 1. The lowest BCUT2D eigenvalue weighted by atomic mass is 10.2. The number of ether oxygens (including phenoxy) is 1. The largest absolute Gasteiger partial charge is 0.497 e. The smallest absolute Gasteiger partial charge is 0.282 e. The molecule has 1 amide bonds. The first-order chi connectivity index (χ1) is 15.5. The Morgan fingerprint density at radius 3 is 2.44 bits per heavy atom. The third kappa shape index (κ3) is 3.75. The SMILES string of the molecule is COc1ccc(/C=C2/N=C(c3sc4ccccc4c3Cl)N(c3ccc(Br)cc3)C2=O)cc1. The molecule has 0 radical (unpaired) electrons. The number of rotatable bonds is 4. The van der Waals surface area contributed by atoms with Crippen LogP contribution in [0.4, 0.5) is 5.69 Å². The normalized spacial score (nSPS) is 15.0. The first kappa shape index (κ1) is 20.9. The second-order valence-corrected chi connectivity index (χ2v) is 9.44. The molecular weight excluding hydrogens is 508 g/mol. The molecule has 0 unspecified atom stereocenters. The van der Waals surface area contributed by atoms with E-state index in [2.05, 4.69) is 15.9 Å². The van der Waals surface area contributed by atoms with E-state index in [1.807, 2.05) is 72.8 Å². The maximum absolute atomic E-state index is 13.5. The Kier molecular flexibility index (Phi) is 5.59. The number of amidine groups is 1. The van der Waals surface area contributed by atoms with Gasteiger partial charge in [-0.1, -0.05) is 57.9 Å². The second-order valence-electron chi connectivity index (χ2n) is 7.10. The third-order valence-corrected chi connectivity index (χ3v) is 7.30. The number of amides is 1. The zero-order chi connectivity index (χ0) is 22.2. The van der Waals surface area contributed by atoms with Crippen LogP contribution >= 0.6 is 38.9 Å². The highest BCUT2D eigenvalue weighted by Gasteiger charge is 2.34. The molecule has 1 aliphatic rings. The highest BCUT2D eigenvalue weighted by molar-refractivity contribution is 9.10. The number of carbonyl (C=O) groups is 1. The predicted molar refractivity (Wildman–Crippen MR) is 136 cm³/mol. The van der Waals surface area contributed by atoms with Crippen LogP contribution in [-0.2, 0) is 4.79 Å². The molecule has 0 saturated carbocycles. The number of methoxy groups -OCH3 is 1. The third-order valence-electron chi connectivity index (χ3n) is 5.10. The second kappa shape index (κ2) is 8.54. The minimum absolute atomic E-state index is 0.202. The number of hydrogen-bond donors (Lipinski definition) is 0. The molecule has 0 spiro atoms. The van der Waals surface area contributed by atoms with Gasteiger partial charge in [0.1, 0.15) is 11.4 Å². The summed E-state index contributed by atoms with van der Waals surface area (Å²) in [6.45, 7) is 0. The van der Waals surface area contributed by atoms with Crippen molar-refractivity contribution in [3.05, 3.63) is 98.4 Å². The van der Waals surface area contributed by atoms with Gasteiger partial charge in [0.05, 0.1) is 22.7 Å². The molecule has 0 saturated heterocycles. The summed E-state index contributed by atoms with van der Waals surface area (Å²) in [5, 5.41) is 1.55. The average molecular weight is 524 g/mol. The first-order valence-electron chi connectivity index (χ1n) is 9.77. The zero-order valence-electron chi connectivity index (χ0n) is 16.9. The minimum Gasteiger partial charge on any atom is -0.497 e. The van der Waals surface area contributed by atoms with Gasteiger partial charge in [-0.25, -0.2) is 4.99 Å². The molecule has 0 atom stereocenters. The van der Waals surface area contributed by atoms with Gasteiger partial charge in [-0.15, -0.1) is 11.3 Å². The van der Waals surface area contributed by atoms with Crippen molar-refractivity contribution in [1.82, 2.24) is 0 Å². The number of fused-ring (bicyclic) bond motifs is 1. The van der Waals surface area contributed by atoms with Crippen LogP contribution in [0.1, 0.15) is 10.4 Å². The predicted octanol–water partition coefficient (Wildman–Crippen LogP) is 7.16. The summed E-state index contributed by atoms with van der Waals surface area (Å²) in [6.07, 6.45) is 1.78. The molecule has 32 heavy (non-hydrogen) atoms. The summed E-state index contributed by atoms with van der Waals surface area (Å²) in [5.41, 5.74) is 1.93. The van der Waals surface area contributed by atoms with E-state index >= 15 is 0 Å². The summed E-state index contributed by atoms with van der Waals surface area (Å²) < 4.78 is 7.20. The lowest BCUT2D eigenvalue weighted by molar-refractivity contribution is -0.113. The van der Waals surface area contributed by atoms with Crippen LogP contribution in [0, 0.1) is 0 Å². The molecule has 0 fully saturated rings. The fraction of sp³-hybridized carbons (Fsp3) is 0.0400.